The van der Waals surface area contributed by atoms with Crippen molar-refractivity contribution in [2.75, 3.05) is 27.2 Å². The van der Waals surface area contributed by atoms with Crippen LogP contribution in [0.5, 0.6) is 0 Å². The molecule has 0 saturated carbocycles. The van der Waals surface area contributed by atoms with Crippen LogP contribution in [0.1, 0.15) is 41.8 Å². The topological polar surface area (TPSA) is 69.7 Å². The summed E-state index contributed by atoms with van der Waals surface area (Å²) in [7, 11) is -0.762. The van der Waals surface area contributed by atoms with E-state index in [4.69, 9.17) is 11.6 Å². The van der Waals surface area contributed by atoms with Crippen molar-refractivity contribution in [3.8, 4) is 0 Å². The molecular weight excluding hydrogens is 446 g/mol. The summed E-state index contributed by atoms with van der Waals surface area (Å²) < 4.78 is 26.0. The van der Waals surface area contributed by atoms with Crippen LogP contribution in [0.2, 0.25) is 5.02 Å². The monoisotopic (exact) mass is 477 g/mol. The molecule has 1 heterocycles. The predicted molar refractivity (Wildman–Crippen MR) is 128 cm³/mol. The van der Waals surface area contributed by atoms with Crippen LogP contribution in [0.4, 0.5) is 0 Å². The highest BCUT2D eigenvalue weighted by Crippen LogP contribution is 2.24. The summed E-state index contributed by atoms with van der Waals surface area (Å²) >= 11 is 6.21. The third-order valence-corrected chi connectivity index (χ3v) is 8.00. The van der Waals surface area contributed by atoms with Crippen molar-refractivity contribution in [2.24, 2.45) is 11.8 Å². The molecule has 0 aromatic heterocycles. The highest BCUT2D eigenvalue weighted by Gasteiger charge is 2.23. The van der Waals surface area contributed by atoms with E-state index in [1.54, 1.807) is 0 Å². The van der Waals surface area contributed by atoms with Gasteiger partial charge in [-0.15, -0.1) is 0 Å². The van der Waals surface area contributed by atoms with Gasteiger partial charge >= 0.3 is 0 Å². The van der Waals surface area contributed by atoms with Gasteiger partial charge in [0.05, 0.1) is 15.5 Å². The number of rotatable bonds is 7. The van der Waals surface area contributed by atoms with E-state index in [0.29, 0.717) is 18.4 Å². The number of likely N-dealkylation sites (tertiary alicyclic amines) is 1. The van der Waals surface area contributed by atoms with E-state index in [-0.39, 0.29) is 15.5 Å². The Morgan fingerprint density at radius 1 is 1.09 bits per heavy atom. The molecule has 32 heavy (non-hydrogen) atoms. The average molecular weight is 478 g/mol. The van der Waals surface area contributed by atoms with E-state index >= 15 is 0 Å². The molecule has 1 amide bonds. The maximum Gasteiger partial charge on any atom is 0.253 e. The van der Waals surface area contributed by atoms with Gasteiger partial charge in [-0.1, -0.05) is 49.7 Å². The molecule has 8 heteroatoms. The summed E-state index contributed by atoms with van der Waals surface area (Å²) in [6.07, 6.45) is 1.26. The number of hydrogen-bond acceptors (Lipinski definition) is 4. The first-order valence-corrected chi connectivity index (χ1v) is 12.7. The number of sulfonamides is 1. The van der Waals surface area contributed by atoms with Crippen LogP contribution >= 0.6 is 11.6 Å². The third-order valence-electron chi connectivity index (χ3n) is 5.86. The predicted octanol–water partition coefficient (Wildman–Crippen LogP) is 4.00. The van der Waals surface area contributed by atoms with Crippen molar-refractivity contribution in [3.05, 3.63) is 64.2 Å². The van der Waals surface area contributed by atoms with Crippen LogP contribution in [-0.2, 0) is 23.1 Å². The number of carbonyl (C=O) groups excluding carboxylic acids is 1. The van der Waals surface area contributed by atoms with E-state index in [2.05, 4.69) is 30.1 Å². The molecule has 0 aliphatic carbocycles. The Morgan fingerprint density at radius 2 is 1.72 bits per heavy atom. The van der Waals surface area contributed by atoms with E-state index < -0.39 is 15.9 Å². The van der Waals surface area contributed by atoms with Gasteiger partial charge in [0.15, 0.2) is 0 Å². The molecule has 0 bridgehead atoms. The molecule has 2 atom stereocenters. The van der Waals surface area contributed by atoms with Gasteiger partial charge in [-0.05, 0) is 47.6 Å². The van der Waals surface area contributed by atoms with Gasteiger partial charge in [-0.2, -0.15) is 0 Å². The minimum Gasteiger partial charge on any atom is -0.348 e. The molecule has 3 rings (SSSR count). The number of hydrogen-bond donors (Lipinski definition) is 1. The van der Waals surface area contributed by atoms with Crippen LogP contribution in [-0.4, -0.2) is 50.7 Å². The summed E-state index contributed by atoms with van der Waals surface area (Å²) in [6, 6.07) is 12.3. The largest absolute Gasteiger partial charge is 0.348 e. The number of carbonyl (C=O) groups is 1. The van der Waals surface area contributed by atoms with E-state index in [1.165, 1.54) is 44.3 Å². The molecule has 1 N–H and O–H groups in total. The van der Waals surface area contributed by atoms with Gasteiger partial charge in [0, 0.05) is 40.3 Å². The number of nitrogens with one attached hydrogen (secondary N) is 1. The van der Waals surface area contributed by atoms with E-state index in [0.717, 1.165) is 29.5 Å². The van der Waals surface area contributed by atoms with Gasteiger partial charge in [0.1, 0.15) is 0 Å². The Bertz CT molecular complexity index is 1060. The number of piperidine rings is 1. The zero-order valence-corrected chi connectivity index (χ0v) is 20.7. The Labute approximate surface area is 196 Å². The molecule has 1 saturated heterocycles. The van der Waals surface area contributed by atoms with Gasteiger partial charge in [0.25, 0.3) is 5.91 Å². The zero-order chi connectivity index (χ0) is 23.5. The second kappa shape index (κ2) is 10.3. The molecule has 2 aromatic rings. The standard InChI is InChI=1S/C24H32ClN3O3S/c1-17-11-18(2)15-28(14-17)16-20-8-6-5-7-19(20)13-26-24(29)22-12-21(9-10-23(22)25)32(30,31)27(3)4/h5-10,12,17-18H,11,13-16H2,1-4H3,(H,26,29). The summed E-state index contributed by atoms with van der Waals surface area (Å²) in [5, 5.41) is 3.12. The molecule has 6 nitrogen and oxygen atoms in total. The second-order valence-electron chi connectivity index (χ2n) is 9.02. The van der Waals surface area contributed by atoms with Gasteiger partial charge < -0.3 is 5.32 Å². The number of halogens is 1. The summed E-state index contributed by atoms with van der Waals surface area (Å²) in [4.78, 5) is 15.4. The minimum atomic E-state index is -3.66. The van der Waals surface area contributed by atoms with Crippen molar-refractivity contribution in [2.45, 2.75) is 38.3 Å². The van der Waals surface area contributed by atoms with Crippen molar-refractivity contribution < 1.29 is 13.2 Å². The first-order valence-electron chi connectivity index (χ1n) is 10.9. The Hall–Kier alpha value is -1.93. The molecule has 2 aromatic carbocycles. The Morgan fingerprint density at radius 3 is 2.34 bits per heavy atom. The van der Waals surface area contributed by atoms with Crippen LogP contribution in [0.15, 0.2) is 47.4 Å². The van der Waals surface area contributed by atoms with Crippen molar-refractivity contribution in [3.63, 3.8) is 0 Å². The van der Waals surface area contributed by atoms with Crippen LogP contribution < -0.4 is 5.32 Å². The fourth-order valence-corrected chi connectivity index (χ4v) is 5.50. The molecule has 1 aliphatic rings. The highest BCUT2D eigenvalue weighted by atomic mass is 35.5. The summed E-state index contributed by atoms with van der Waals surface area (Å²) in [5.41, 5.74) is 2.37. The molecule has 0 radical (unpaired) electrons. The lowest BCUT2D eigenvalue weighted by Crippen LogP contribution is -2.38. The lowest BCUT2D eigenvalue weighted by molar-refractivity contribution is 0.0950. The first kappa shape index (κ1) is 24.7. The van der Waals surface area contributed by atoms with Crippen molar-refractivity contribution in [1.29, 1.82) is 0 Å². The quantitative estimate of drug-likeness (QED) is 0.654. The van der Waals surface area contributed by atoms with Crippen molar-refractivity contribution in [1.82, 2.24) is 14.5 Å². The average Bonchev–Trinajstić information content (AvgIpc) is 2.72. The normalized spacial score (nSPS) is 19.8. The number of benzene rings is 2. The van der Waals surface area contributed by atoms with Crippen LogP contribution in [0, 0.1) is 11.8 Å². The van der Waals surface area contributed by atoms with E-state index in [1.807, 2.05) is 18.2 Å². The van der Waals surface area contributed by atoms with Gasteiger partial charge in [-0.3, -0.25) is 9.69 Å². The van der Waals surface area contributed by atoms with E-state index in [9.17, 15) is 13.2 Å². The first-order chi connectivity index (χ1) is 15.1. The second-order valence-corrected chi connectivity index (χ2v) is 11.6. The SMILES string of the molecule is CC1CC(C)CN(Cc2ccccc2CNC(=O)c2cc(S(=O)(=O)N(C)C)ccc2Cl)C1. The Kier molecular flexibility index (Phi) is 7.98. The summed E-state index contributed by atoms with van der Waals surface area (Å²) in [5.74, 6) is 0.956. The maximum absolute atomic E-state index is 12.9. The fraction of sp³-hybridized carbons (Fsp3) is 0.458. The van der Waals surface area contributed by atoms with Crippen LogP contribution in [0.25, 0.3) is 0 Å². The molecular formula is C24H32ClN3O3S. The number of amides is 1. The number of nitrogens with zero attached hydrogens (tertiary/aromatic N) is 2. The minimum absolute atomic E-state index is 0.0331. The lowest BCUT2D eigenvalue weighted by atomic mass is 9.91. The van der Waals surface area contributed by atoms with Gasteiger partial charge in [-0.25, -0.2) is 12.7 Å². The molecule has 1 aliphatic heterocycles. The molecule has 174 valence electrons. The molecule has 2 unspecified atom stereocenters. The maximum atomic E-state index is 12.9. The molecule has 0 spiro atoms. The van der Waals surface area contributed by atoms with Crippen molar-refractivity contribution >= 4 is 27.5 Å². The fourth-order valence-electron chi connectivity index (χ4n) is 4.37. The zero-order valence-electron chi connectivity index (χ0n) is 19.1. The van der Waals surface area contributed by atoms with Crippen LogP contribution in [0.3, 0.4) is 0 Å². The Balaban J connectivity index is 1.73. The molecule has 1 fully saturated rings. The lowest BCUT2D eigenvalue weighted by Gasteiger charge is -2.35. The third kappa shape index (κ3) is 5.90. The smallest absolute Gasteiger partial charge is 0.253 e. The summed E-state index contributed by atoms with van der Waals surface area (Å²) in [6.45, 7) is 7.93. The van der Waals surface area contributed by atoms with Gasteiger partial charge in [0.2, 0.25) is 10.0 Å². The highest BCUT2D eigenvalue weighted by molar-refractivity contribution is 7.89.